The van der Waals surface area contributed by atoms with Gasteiger partial charge in [-0.15, -0.1) is 0 Å². The predicted molar refractivity (Wildman–Crippen MR) is 76.3 cm³/mol. The van der Waals surface area contributed by atoms with Crippen LogP contribution >= 0.6 is 0 Å². The molecular weight excluding hydrogens is 208 g/mol. The topological polar surface area (TPSA) is 3.24 Å². The Morgan fingerprint density at radius 1 is 1.00 bits per heavy atom. The van der Waals surface area contributed by atoms with E-state index in [0.717, 1.165) is 6.04 Å². The summed E-state index contributed by atoms with van der Waals surface area (Å²) in [6.45, 7) is 13.7. The first-order chi connectivity index (χ1) is 8.11. The maximum atomic E-state index is 2.58. The zero-order valence-electron chi connectivity index (χ0n) is 12.5. The van der Waals surface area contributed by atoms with Crippen LogP contribution in [0.15, 0.2) is 0 Å². The van der Waals surface area contributed by atoms with Crippen LogP contribution in [0.5, 0.6) is 0 Å². The second-order valence-electron chi connectivity index (χ2n) is 6.09. The number of hydrogen-bond donors (Lipinski definition) is 0. The van der Waals surface area contributed by atoms with Crippen molar-refractivity contribution in [1.29, 1.82) is 0 Å². The van der Waals surface area contributed by atoms with Gasteiger partial charge in [-0.25, -0.2) is 0 Å². The minimum Gasteiger partial charge on any atom is -0.326 e. The molecule has 0 aliphatic carbocycles. The van der Waals surface area contributed by atoms with E-state index in [1.54, 1.807) is 0 Å². The average molecular weight is 241 g/mol. The highest BCUT2D eigenvalue weighted by Gasteiger charge is 2.23. The van der Waals surface area contributed by atoms with Crippen molar-refractivity contribution in [2.75, 3.05) is 39.8 Å². The van der Waals surface area contributed by atoms with Crippen LogP contribution in [0.3, 0.4) is 0 Å². The van der Waals surface area contributed by atoms with E-state index >= 15 is 0 Å². The Kier molecular flexibility index (Phi) is 6.50. The lowest BCUT2D eigenvalue weighted by molar-refractivity contribution is -0.895. The molecule has 1 atom stereocenters. The molecule has 2 nitrogen and oxygen atoms in total. The smallest absolute Gasteiger partial charge is 0.0786 e. The Morgan fingerprint density at radius 3 is 1.88 bits per heavy atom. The van der Waals surface area contributed by atoms with Gasteiger partial charge in [0.25, 0.3) is 0 Å². The Morgan fingerprint density at radius 2 is 1.53 bits per heavy atom. The third-order valence-electron chi connectivity index (χ3n) is 4.76. The van der Waals surface area contributed by atoms with Gasteiger partial charge in [-0.3, -0.25) is 0 Å². The first-order valence-electron chi connectivity index (χ1n) is 7.69. The Bertz CT molecular complexity index is 191. The minimum absolute atomic E-state index is 0.826. The molecule has 0 bridgehead atoms. The molecule has 0 aromatic carbocycles. The van der Waals surface area contributed by atoms with Crippen LogP contribution in [0, 0.1) is 0 Å². The van der Waals surface area contributed by atoms with E-state index < -0.39 is 0 Å². The molecule has 0 N–H and O–H groups in total. The SMILES string of the molecule is CCC(C)N1CCCC1.CC[N+]1(C)CCCC1. The number of quaternary nitrogens is 1. The van der Waals surface area contributed by atoms with Crippen LogP contribution < -0.4 is 0 Å². The quantitative estimate of drug-likeness (QED) is 0.686. The molecule has 2 saturated heterocycles. The first-order valence-corrected chi connectivity index (χ1v) is 7.69. The second-order valence-corrected chi connectivity index (χ2v) is 6.09. The highest BCUT2D eigenvalue weighted by Crippen LogP contribution is 2.14. The van der Waals surface area contributed by atoms with E-state index in [1.165, 1.54) is 69.3 Å². The lowest BCUT2D eigenvalue weighted by atomic mass is 10.2. The fourth-order valence-corrected chi connectivity index (χ4v) is 2.86. The fourth-order valence-electron chi connectivity index (χ4n) is 2.86. The second kappa shape index (κ2) is 7.38. The molecule has 0 aromatic rings. The van der Waals surface area contributed by atoms with Gasteiger partial charge < -0.3 is 9.38 Å². The zero-order valence-corrected chi connectivity index (χ0v) is 12.5. The van der Waals surface area contributed by atoms with Gasteiger partial charge in [0.1, 0.15) is 0 Å². The fraction of sp³-hybridized carbons (Fsp3) is 1.00. The first kappa shape index (κ1) is 15.0. The molecule has 2 heteroatoms. The van der Waals surface area contributed by atoms with E-state index in [1.807, 2.05) is 0 Å². The molecule has 0 saturated carbocycles. The van der Waals surface area contributed by atoms with E-state index in [2.05, 4.69) is 32.7 Å². The molecule has 2 aliphatic rings. The normalized spacial score (nSPS) is 25.4. The van der Waals surface area contributed by atoms with Crippen molar-refractivity contribution in [3.8, 4) is 0 Å². The van der Waals surface area contributed by atoms with Crippen LogP contribution in [0.1, 0.15) is 52.9 Å². The maximum absolute atomic E-state index is 2.58. The van der Waals surface area contributed by atoms with Crippen LogP contribution in [0.4, 0.5) is 0 Å². The molecule has 2 aliphatic heterocycles. The van der Waals surface area contributed by atoms with Gasteiger partial charge in [0.05, 0.1) is 26.7 Å². The van der Waals surface area contributed by atoms with Gasteiger partial charge in [0.2, 0.25) is 0 Å². The van der Waals surface area contributed by atoms with E-state index in [4.69, 9.17) is 0 Å². The van der Waals surface area contributed by atoms with Crippen LogP contribution in [-0.2, 0) is 0 Å². The molecule has 0 radical (unpaired) electrons. The van der Waals surface area contributed by atoms with Gasteiger partial charge in [0, 0.05) is 18.9 Å². The molecule has 1 unspecified atom stereocenters. The van der Waals surface area contributed by atoms with E-state index in [9.17, 15) is 0 Å². The molecule has 17 heavy (non-hydrogen) atoms. The van der Waals surface area contributed by atoms with Crippen LogP contribution in [0.2, 0.25) is 0 Å². The van der Waals surface area contributed by atoms with E-state index in [-0.39, 0.29) is 0 Å². The van der Waals surface area contributed by atoms with Crippen molar-refractivity contribution in [2.24, 2.45) is 0 Å². The van der Waals surface area contributed by atoms with Crippen molar-refractivity contribution < 1.29 is 4.48 Å². The van der Waals surface area contributed by atoms with E-state index in [0.29, 0.717) is 0 Å². The molecule has 0 spiro atoms. The van der Waals surface area contributed by atoms with Crippen LogP contribution in [0.25, 0.3) is 0 Å². The highest BCUT2D eigenvalue weighted by atomic mass is 15.3. The lowest BCUT2D eigenvalue weighted by Crippen LogP contribution is -2.40. The maximum Gasteiger partial charge on any atom is 0.0786 e. The summed E-state index contributed by atoms with van der Waals surface area (Å²) in [5.41, 5.74) is 0. The van der Waals surface area contributed by atoms with Gasteiger partial charge in [-0.2, -0.15) is 0 Å². The highest BCUT2D eigenvalue weighted by molar-refractivity contribution is 4.71. The van der Waals surface area contributed by atoms with Crippen molar-refractivity contribution in [3.63, 3.8) is 0 Å². The Hall–Kier alpha value is -0.0800. The standard InChI is InChI=1S/C8H17N.C7H16N/c1-3-8(2)9-6-4-5-7-9;1-3-8(2)6-4-5-7-8/h8H,3-7H2,1-2H3;3-7H2,1-2H3/q;+1. The van der Waals surface area contributed by atoms with Crippen molar-refractivity contribution in [1.82, 2.24) is 4.90 Å². The van der Waals surface area contributed by atoms with Gasteiger partial charge in [0.15, 0.2) is 0 Å². The number of likely N-dealkylation sites (tertiary alicyclic amines) is 2. The predicted octanol–water partition coefficient (Wildman–Crippen LogP) is 3.13. The average Bonchev–Trinajstić information content (AvgIpc) is 3.00. The summed E-state index contributed by atoms with van der Waals surface area (Å²) in [6.07, 6.45) is 7.05. The van der Waals surface area contributed by atoms with Gasteiger partial charge in [-0.1, -0.05) is 6.92 Å². The summed E-state index contributed by atoms with van der Waals surface area (Å²) in [4.78, 5) is 2.58. The Balaban J connectivity index is 0.000000171. The summed E-state index contributed by atoms with van der Waals surface area (Å²) < 4.78 is 1.32. The molecule has 102 valence electrons. The summed E-state index contributed by atoms with van der Waals surface area (Å²) >= 11 is 0. The number of rotatable bonds is 3. The number of hydrogen-bond acceptors (Lipinski definition) is 1. The zero-order chi connectivity index (χ0) is 12.7. The molecule has 0 aromatic heterocycles. The van der Waals surface area contributed by atoms with Gasteiger partial charge in [-0.05, 0) is 46.2 Å². The van der Waals surface area contributed by atoms with Crippen molar-refractivity contribution in [3.05, 3.63) is 0 Å². The third-order valence-corrected chi connectivity index (χ3v) is 4.76. The lowest BCUT2D eigenvalue weighted by Gasteiger charge is -2.26. The Labute approximate surface area is 109 Å². The summed E-state index contributed by atoms with van der Waals surface area (Å²) in [7, 11) is 2.35. The molecule has 2 heterocycles. The van der Waals surface area contributed by atoms with Crippen molar-refractivity contribution in [2.45, 2.75) is 58.9 Å². The molecule has 2 fully saturated rings. The third kappa shape index (κ3) is 4.97. The monoisotopic (exact) mass is 241 g/mol. The summed E-state index contributed by atoms with van der Waals surface area (Å²) in [6, 6.07) is 0.826. The van der Waals surface area contributed by atoms with Crippen molar-refractivity contribution >= 4 is 0 Å². The summed E-state index contributed by atoms with van der Waals surface area (Å²) in [5, 5.41) is 0. The molecule has 0 amide bonds. The largest absolute Gasteiger partial charge is 0.326 e. The summed E-state index contributed by atoms with van der Waals surface area (Å²) in [5.74, 6) is 0. The minimum atomic E-state index is 0.826. The molecule has 2 rings (SSSR count). The van der Waals surface area contributed by atoms with Crippen LogP contribution in [-0.4, -0.2) is 55.2 Å². The molecular formula is C15H33N2+. The number of nitrogens with zero attached hydrogens (tertiary/aromatic N) is 2. The van der Waals surface area contributed by atoms with Gasteiger partial charge >= 0.3 is 0 Å².